The standard InChI is InChI=1S/C23H21N3O3S/c1-15-19-21(26-17-9-6-10-18(13-17)28-2)24-14-25-22(19)30-20(15)23(27)29-12-11-16-7-4-3-5-8-16/h3-10,13-14H,11-12H2,1-2H3,(H,24,25,26). The fourth-order valence-electron chi connectivity index (χ4n) is 3.17. The van der Waals surface area contributed by atoms with Crippen molar-refractivity contribution in [2.45, 2.75) is 13.3 Å². The van der Waals surface area contributed by atoms with Gasteiger partial charge >= 0.3 is 5.97 Å². The number of esters is 1. The summed E-state index contributed by atoms with van der Waals surface area (Å²) in [6, 6.07) is 17.5. The Morgan fingerprint density at radius 1 is 1.10 bits per heavy atom. The highest BCUT2D eigenvalue weighted by molar-refractivity contribution is 7.20. The van der Waals surface area contributed by atoms with Crippen LogP contribution in [0.1, 0.15) is 20.8 Å². The Bertz CT molecular complexity index is 1180. The molecule has 0 saturated heterocycles. The van der Waals surface area contributed by atoms with Crippen LogP contribution in [0, 0.1) is 6.92 Å². The van der Waals surface area contributed by atoms with Crippen LogP contribution in [0.5, 0.6) is 5.75 Å². The molecule has 0 aliphatic rings. The Labute approximate surface area is 178 Å². The third-order valence-electron chi connectivity index (χ3n) is 4.71. The molecule has 4 aromatic rings. The third kappa shape index (κ3) is 4.26. The summed E-state index contributed by atoms with van der Waals surface area (Å²) in [7, 11) is 1.63. The number of hydrogen-bond acceptors (Lipinski definition) is 7. The second-order valence-electron chi connectivity index (χ2n) is 6.69. The van der Waals surface area contributed by atoms with Crippen LogP contribution in [0.2, 0.25) is 0 Å². The van der Waals surface area contributed by atoms with Crippen LogP contribution in [-0.2, 0) is 11.2 Å². The number of nitrogens with one attached hydrogen (secondary N) is 1. The molecule has 0 amide bonds. The first-order chi connectivity index (χ1) is 14.7. The zero-order chi connectivity index (χ0) is 20.9. The Kier molecular flexibility index (Phi) is 5.90. The average Bonchev–Trinajstić information content (AvgIpc) is 3.12. The first-order valence-electron chi connectivity index (χ1n) is 9.52. The van der Waals surface area contributed by atoms with E-state index in [0.29, 0.717) is 23.7 Å². The maximum atomic E-state index is 12.7. The molecule has 6 nitrogen and oxygen atoms in total. The largest absolute Gasteiger partial charge is 0.497 e. The predicted octanol–water partition coefficient (Wildman–Crippen LogP) is 5.15. The molecule has 0 bridgehead atoms. The molecule has 0 radical (unpaired) electrons. The molecule has 30 heavy (non-hydrogen) atoms. The highest BCUT2D eigenvalue weighted by atomic mass is 32.1. The summed E-state index contributed by atoms with van der Waals surface area (Å²) in [4.78, 5) is 22.7. The number of aromatic nitrogens is 2. The molecule has 7 heteroatoms. The number of benzene rings is 2. The van der Waals surface area contributed by atoms with Gasteiger partial charge in [0.25, 0.3) is 0 Å². The maximum Gasteiger partial charge on any atom is 0.348 e. The van der Waals surface area contributed by atoms with Crippen molar-refractivity contribution >= 4 is 39.0 Å². The van der Waals surface area contributed by atoms with Gasteiger partial charge in [-0.2, -0.15) is 0 Å². The summed E-state index contributed by atoms with van der Waals surface area (Å²) >= 11 is 1.32. The highest BCUT2D eigenvalue weighted by Gasteiger charge is 2.20. The van der Waals surface area contributed by atoms with E-state index in [1.807, 2.05) is 61.5 Å². The average molecular weight is 420 g/mol. The maximum absolute atomic E-state index is 12.7. The number of nitrogens with zero attached hydrogens (tertiary/aromatic N) is 2. The van der Waals surface area contributed by atoms with Gasteiger partial charge in [0.2, 0.25) is 0 Å². The van der Waals surface area contributed by atoms with E-state index in [1.165, 1.54) is 17.7 Å². The molecule has 0 atom stereocenters. The third-order valence-corrected chi connectivity index (χ3v) is 5.89. The quantitative estimate of drug-likeness (QED) is 0.418. The zero-order valence-electron chi connectivity index (χ0n) is 16.7. The van der Waals surface area contributed by atoms with E-state index in [4.69, 9.17) is 9.47 Å². The molecule has 2 aromatic heterocycles. The summed E-state index contributed by atoms with van der Waals surface area (Å²) in [6.45, 7) is 2.23. The number of ether oxygens (including phenoxy) is 2. The van der Waals surface area contributed by atoms with Gasteiger partial charge in [-0.1, -0.05) is 36.4 Å². The monoisotopic (exact) mass is 419 g/mol. The van der Waals surface area contributed by atoms with Gasteiger partial charge < -0.3 is 14.8 Å². The number of aryl methyl sites for hydroxylation is 1. The number of carbonyl (C=O) groups excluding carboxylic acids is 1. The molecule has 1 N–H and O–H groups in total. The van der Waals surface area contributed by atoms with Crippen molar-refractivity contribution in [2.24, 2.45) is 0 Å². The lowest BCUT2D eigenvalue weighted by Gasteiger charge is -2.09. The lowest BCUT2D eigenvalue weighted by atomic mass is 10.2. The van der Waals surface area contributed by atoms with Crippen LogP contribution >= 0.6 is 11.3 Å². The Morgan fingerprint density at radius 3 is 2.73 bits per heavy atom. The van der Waals surface area contributed by atoms with Crippen LogP contribution in [0.3, 0.4) is 0 Å². The van der Waals surface area contributed by atoms with Crippen molar-refractivity contribution in [2.75, 3.05) is 19.0 Å². The van der Waals surface area contributed by atoms with Gasteiger partial charge in [0.1, 0.15) is 27.6 Å². The summed E-state index contributed by atoms with van der Waals surface area (Å²) in [5, 5.41) is 4.12. The van der Waals surface area contributed by atoms with Gasteiger partial charge in [-0.15, -0.1) is 11.3 Å². The number of rotatable bonds is 7. The van der Waals surface area contributed by atoms with Crippen molar-refractivity contribution in [3.05, 3.63) is 76.9 Å². The molecular weight excluding hydrogens is 398 g/mol. The first kappa shape index (κ1) is 19.8. The van der Waals surface area contributed by atoms with Crippen molar-refractivity contribution in [1.82, 2.24) is 9.97 Å². The van der Waals surface area contributed by atoms with Gasteiger partial charge in [0, 0.05) is 18.2 Å². The molecule has 0 fully saturated rings. The van der Waals surface area contributed by atoms with E-state index in [9.17, 15) is 4.79 Å². The highest BCUT2D eigenvalue weighted by Crippen LogP contribution is 2.35. The van der Waals surface area contributed by atoms with Crippen molar-refractivity contribution in [1.29, 1.82) is 0 Å². The van der Waals surface area contributed by atoms with Crippen LogP contribution < -0.4 is 10.1 Å². The molecule has 4 rings (SSSR count). The van der Waals surface area contributed by atoms with E-state index in [2.05, 4.69) is 15.3 Å². The molecule has 152 valence electrons. The molecule has 0 aliphatic carbocycles. The normalized spacial score (nSPS) is 10.7. The number of carbonyl (C=O) groups is 1. The minimum atomic E-state index is -0.334. The van der Waals surface area contributed by atoms with Gasteiger partial charge in [0.05, 0.1) is 19.1 Å². The Morgan fingerprint density at radius 2 is 1.93 bits per heavy atom. The number of thiophene rings is 1. The lowest BCUT2D eigenvalue weighted by Crippen LogP contribution is -2.07. The fraction of sp³-hybridized carbons (Fsp3) is 0.174. The van der Waals surface area contributed by atoms with E-state index in [-0.39, 0.29) is 5.97 Å². The van der Waals surface area contributed by atoms with Crippen LogP contribution in [0.25, 0.3) is 10.2 Å². The zero-order valence-corrected chi connectivity index (χ0v) is 17.5. The van der Waals surface area contributed by atoms with Crippen LogP contribution in [0.4, 0.5) is 11.5 Å². The predicted molar refractivity (Wildman–Crippen MR) is 119 cm³/mol. The summed E-state index contributed by atoms with van der Waals surface area (Å²) in [5.41, 5.74) is 2.78. The Hall–Kier alpha value is -3.45. The Balaban J connectivity index is 1.54. The fourth-order valence-corrected chi connectivity index (χ4v) is 4.21. The van der Waals surface area contributed by atoms with Crippen LogP contribution in [0.15, 0.2) is 60.9 Å². The van der Waals surface area contributed by atoms with Crippen molar-refractivity contribution in [3.63, 3.8) is 0 Å². The minimum absolute atomic E-state index is 0.330. The van der Waals surface area contributed by atoms with E-state index in [1.54, 1.807) is 7.11 Å². The van der Waals surface area contributed by atoms with Gasteiger partial charge in [0.15, 0.2) is 0 Å². The minimum Gasteiger partial charge on any atom is -0.497 e. The van der Waals surface area contributed by atoms with Gasteiger partial charge in [-0.25, -0.2) is 14.8 Å². The number of fused-ring (bicyclic) bond motifs is 1. The van der Waals surface area contributed by atoms with E-state index >= 15 is 0 Å². The SMILES string of the molecule is COc1cccc(Nc2ncnc3sc(C(=O)OCCc4ccccc4)c(C)c23)c1. The summed E-state index contributed by atoms with van der Waals surface area (Å²) < 4.78 is 10.8. The first-order valence-corrected chi connectivity index (χ1v) is 10.3. The topological polar surface area (TPSA) is 73.3 Å². The molecule has 0 aliphatic heterocycles. The summed E-state index contributed by atoms with van der Waals surface area (Å²) in [6.07, 6.45) is 2.17. The summed E-state index contributed by atoms with van der Waals surface area (Å²) in [5.74, 6) is 1.05. The van der Waals surface area contributed by atoms with E-state index in [0.717, 1.165) is 32.8 Å². The van der Waals surface area contributed by atoms with Gasteiger partial charge in [-0.05, 0) is 30.2 Å². The smallest absolute Gasteiger partial charge is 0.348 e. The molecule has 0 spiro atoms. The molecule has 2 heterocycles. The lowest BCUT2D eigenvalue weighted by molar-refractivity contribution is 0.0514. The van der Waals surface area contributed by atoms with Crippen LogP contribution in [-0.4, -0.2) is 29.7 Å². The molecule has 2 aromatic carbocycles. The van der Waals surface area contributed by atoms with Gasteiger partial charge in [-0.3, -0.25) is 0 Å². The number of anilines is 2. The second kappa shape index (κ2) is 8.92. The molecule has 0 unspecified atom stereocenters. The number of methoxy groups -OCH3 is 1. The molecule has 0 saturated carbocycles. The molecular formula is C23H21N3O3S. The second-order valence-corrected chi connectivity index (χ2v) is 7.69. The van der Waals surface area contributed by atoms with E-state index < -0.39 is 0 Å². The number of hydrogen-bond donors (Lipinski definition) is 1. The van der Waals surface area contributed by atoms with Crippen molar-refractivity contribution < 1.29 is 14.3 Å². The van der Waals surface area contributed by atoms with Crippen molar-refractivity contribution in [3.8, 4) is 5.75 Å².